The van der Waals surface area contributed by atoms with Crippen LogP contribution in [0.4, 0.5) is 5.95 Å². The van der Waals surface area contributed by atoms with Gasteiger partial charge in [-0.15, -0.1) is 0 Å². The molecule has 4 rings (SSSR count). The van der Waals surface area contributed by atoms with Crippen molar-refractivity contribution in [2.75, 3.05) is 18.0 Å². The molecule has 0 aliphatic carbocycles. The van der Waals surface area contributed by atoms with E-state index in [0.29, 0.717) is 5.92 Å². The monoisotopic (exact) mass is 321 g/mol. The van der Waals surface area contributed by atoms with Gasteiger partial charge in [0.05, 0.1) is 0 Å². The zero-order valence-corrected chi connectivity index (χ0v) is 13.6. The van der Waals surface area contributed by atoms with Crippen LogP contribution in [0.1, 0.15) is 12.1 Å². The molecule has 3 aromatic heterocycles. The summed E-state index contributed by atoms with van der Waals surface area (Å²) >= 11 is 0. The van der Waals surface area contributed by atoms with Crippen molar-refractivity contribution in [3.63, 3.8) is 0 Å². The number of imidazole rings is 1. The van der Waals surface area contributed by atoms with E-state index in [2.05, 4.69) is 29.8 Å². The molecule has 1 aliphatic heterocycles. The highest BCUT2D eigenvalue weighted by molar-refractivity contribution is 5.49. The molecule has 0 radical (unpaired) electrons. The van der Waals surface area contributed by atoms with Gasteiger partial charge in [0.25, 0.3) is 0 Å². The number of aryl methyl sites for hydroxylation is 1. The van der Waals surface area contributed by atoms with E-state index in [4.69, 9.17) is 0 Å². The summed E-state index contributed by atoms with van der Waals surface area (Å²) in [5.41, 5.74) is 1.93. The lowest BCUT2D eigenvalue weighted by atomic mass is 10.0. The van der Waals surface area contributed by atoms with Crippen molar-refractivity contribution < 1.29 is 0 Å². The summed E-state index contributed by atoms with van der Waals surface area (Å²) < 4.78 is 1.97. The van der Waals surface area contributed by atoms with Crippen molar-refractivity contribution in [3.05, 3.63) is 48.9 Å². The Hall–Kier alpha value is -2.83. The number of nitrogens with zero attached hydrogens (tertiary/aromatic N) is 7. The summed E-state index contributed by atoms with van der Waals surface area (Å²) in [5, 5.41) is 0. The van der Waals surface area contributed by atoms with Crippen molar-refractivity contribution in [3.8, 4) is 11.5 Å². The SMILES string of the molecule is Cn1ccnc1-c1cc(CC2CCN(c3ncccn3)C2)ncn1. The van der Waals surface area contributed by atoms with Gasteiger partial charge in [-0.2, -0.15) is 0 Å². The van der Waals surface area contributed by atoms with Crippen LogP contribution in [0.15, 0.2) is 43.2 Å². The molecule has 0 spiro atoms. The average molecular weight is 321 g/mol. The normalized spacial score (nSPS) is 17.4. The van der Waals surface area contributed by atoms with Crippen LogP contribution in [0, 0.1) is 5.92 Å². The van der Waals surface area contributed by atoms with E-state index in [0.717, 1.165) is 49.1 Å². The maximum absolute atomic E-state index is 4.44. The summed E-state index contributed by atoms with van der Waals surface area (Å²) in [7, 11) is 1.97. The molecular weight excluding hydrogens is 302 g/mol. The first-order valence-corrected chi connectivity index (χ1v) is 8.10. The maximum Gasteiger partial charge on any atom is 0.225 e. The molecule has 0 bridgehead atoms. The second-order valence-corrected chi connectivity index (χ2v) is 6.11. The first kappa shape index (κ1) is 14.7. The standard InChI is InChI=1S/C17H19N7/c1-23-8-6-18-16(23)15-10-14(21-12-22-15)9-13-3-7-24(11-13)17-19-4-2-5-20-17/h2,4-6,8,10,12-13H,3,7,9,11H2,1H3. The van der Waals surface area contributed by atoms with Crippen molar-refractivity contribution >= 4 is 5.95 Å². The molecule has 7 nitrogen and oxygen atoms in total. The van der Waals surface area contributed by atoms with Crippen molar-refractivity contribution in [1.82, 2.24) is 29.5 Å². The minimum atomic E-state index is 0.554. The van der Waals surface area contributed by atoms with Crippen LogP contribution in [0.5, 0.6) is 0 Å². The number of rotatable bonds is 4. The number of anilines is 1. The Morgan fingerprint density at radius 1 is 1.08 bits per heavy atom. The van der Waals surface area contributed by atoms with Crippen LogP contribution in [0.3, 0.4) is 0 Å². The van der Waals surface area contributed by atoms with E-state index >= 15 is 0 Å². The van der Waals surface area contributed by atoms with Gasteiger partial charge in [0.1, 0.15) is 12.0 Å². The van der Waals surface area contributed by atoms with Gasteiger partial charge in [0.15, 0.2) is 5.82 Å². The Morgan fingerprint density at radius 3 is 2.75 bits per heavy atom. The largest absolute Gasteiger partial charge is 0.341 e. The molecular formula is C17H19N7. The molecule has 122 valence electrons. The van der Waals surface area contributed by atoms with Gasteiger partial charge in [-0.3, -0.25) is 0 Å². The number of hydrogen-bond donors (Lipinski definition) is 0. The van der Waals surface area contributed by atoms with Gasteiger partial charge < -0.3 is 9.47 Å². The fourth-order valence-corrected chi connectivity index (χ4v) is 3.18. The third kappa shape index (κ3) is 2.97. The Labute approximate surface area is 140 Å². The van der Waals surface area contributed by atoms with E-state index in [9.17, 15) is 0 Å². The summed E-state index contributed by atoms with van der Waals surface area (Å²) in [6.45, 7) is 1.96. The molecule has 1 atom stereocenters. The van der Waals surface area contributed by atoms with E-state index < -0.39 is 0 Å². The van der Waals surface area contributed by atoms with E-state index in [-0.39, 0.29) is 0 Å². The van der Waals surface area contributed by atoms with Crippen LogP contribution >= 0.6 is 0 Å². The molecule has 1 unspecified atom stereocenters. The second-order valence-electron chi connectivity index (χ2n) is 6.11. The first-order chi connectivity index (χ1) is 11.8. The molecule has 1 aliphatic rings. The molecule has 24 heavy (non-hydrogen) atoms. The first-order valence-electron chi connectivity index (χ1n) is 8.10. The molecule has 4 heterocycles. The fraction of sp³-hybridized carbons (Fsp3) is 0.353. The minimum absolute atomic E-state index is 0.554. The molecule has 0 aromatic carbocycles. The molecule has 0 saturated carbocycles. The van der Waals surface area contributed by atoms with Gasteiger partial charge in [0, 0.05) is 50.6 Å². The molecule has 1 fully saturated rings. The van der Waals surface area contributed by atoms with Gasteiger partial charge >= 0.3 is 0 Å². The zero-order valence-electron chi connectivity index (χ0n) is 13.6. The molecule has 3 aromatic rings. The lowest BCUT2D eigenvalue weighted by Crippen LogP contribution is -2.22. The smallest absolute Gasteiger partial charge is 0.225 e. The highest BCUT2D eigenvalue weighted by Gasteiger charge is 2.25. The third-order valence-corrected chi connectivity index (χ3v) is 4.39. The minimum Gasteiger partial charge on any atom is -0.341 e. The van der Waals surface area contributed by atoms with Crippen LogP contribution in [0.25, 0.3) is 11.5 Å². The molecule has 0 N–H and O–H groups in total. The summed E-state index contributed by atoms with van der Waals surface area (Å²) in [6.07, 6.45) is 11.0. The maximum atomic E-state index is 4.44. The highest BCUT2D eigenvalue weighted by atomic mass is 15.3. The van der Waals surface area contributed by atoms with Crippen LogP contribution in [-0.4, -0.2) is 42.6 Å². The summed E-state index contributed by atoms with van der Waals surface area (Å²) in [6, 6.07) is 3.89. The zero-order chi connectivity index (χ0) is 16.4. The molecule has 0 amide bonds. The van der Waals surface area contributed by atoms with Crippen LogP contribution in [-0.2, 0) is 13.5 Å². The Balaban J connectivity index is 1.46. The predicted molar refractivity (Wildman–Crippen MR) is 90.3 cm³/mol. The lowest BCUT2D eigenvalue weighted by molar-refractivity contribution is 0.576. The van der Waals surface area contributed by atoms with Gasteiger partial charge in [-0.1, -0.05) is 0 Å². The molecule has 1 saturated heterocycles. The Kier molecular flexibility index (Phi) is 3.90. The van der Waals surface area contributed by atoms with Crippen LogP contribution in [0.2, 0.25) is 0 Å². The predicted octanol–water partition coefficient (Wildman–Crippen LogP) is 1.74. The topological polar surface area (TPSA) is 72.6 Å². The van der Waals surface area contributed by atoms with Gasteiger partial charge in [0.2, 0.25) is 5.95 Å². The summed E-state index contributed by atoms with van der Waals surface area (Å²) in [5.74, 6) is 2.23. The van der Waals surface area contributed by atoms with E-state index in [1.165, 1.54) is 0 Å². The van der Waals surface area contributed by atoms with Crippen LogP contribution < -0.4 is 4.90 Å². The van der Waals surface area contributed by atoms with Crippen molar-refractivity contribution in [2.24, 2.45) is 13.0 Å². The number of hydrogen-bond acceptors (Lipinski definition) is 6. The average Bonchev–Trinajstić information content (AvgIpc) is 3.25. The van der Waals surface area contributed by atoms with E-state index in [1.54, 1.807) is 24.9 Å². The summed E-state index contributed by atoms with van der Waals surface area (Å²) in [4.78, 5) is 24.1. The lowest BCUT2D eigenvalue weighted by Gasteiger charge is -2.15. The van der Waals surface area contributed by atoms with Gasteiger partial charge in [-0.05, 0) is 30.9 Å². The Bertz CT molecular complexity index is 815. The fourth-order valence-electron chi connectivity index (χ4n) is 3.18. The van der Waals surface area contributed by atoms with E-state index in [1.807, 2.05) is 29.9 Å². The van der Waals surface area contributed by atoms with Crippen molar-refractivity contribution in [1.29, 1.82) is 0 Å². The molecule has 7 heteroatoms. The third-order valence-electron chi connectivity index (χ3n) is 4.39. The highest BCUT2D eigenvalue weighted by Crippen LogP contribution is 2.24. The Morgan fingerprint density at radius 2 is 1.96 bits per heavy atom. The van der Waals surface area contributed by atoms with Gasteiger partial charge in [-0.25, -0.2) is 24.9 Å². The number of aromatic nitrogens is 6. The second kappa shape index (κ2) is 6.35. The quantitative estimate of drug-likeness (QED) is 0.729. The van der Waals surface area contributed by atoms with Crippen molar-refractivity contribution in [2.45, 2.75) is 12.8 Å².